The monoisotopic (exact) mass is 269 g/mol. The van der Waals surface area contributed by atoms with Crippen LogP contribution in [0.15, 0.2) is 0 Å². The molecule has 1 saturated carbocycles. The van der Waals surface area contributed by atoms with E-state index in [1.165, 1.54) is 0 Å². The molecule has 1 heterocycles. The van der Waals surface area contributed by atoms with Gasteiger partial charge in [-0.15, -0.1) is 0 Å². The molecule has 0 aromatic carbocycles. The van der Waals surface area contributed by atoms with Crippen LogP contribution in [0.1, 0.15) is 43.5 Å². The standard InChI is InChI=1S/C13H20ClN3O/c1-9-12(14)11(17(2)16-9)7-10(18)8-13(15)5-3-4-6-13/h3-8,15H2,1-2H3. The van der Waals surface area contributed by atoms with Crippen LogP contribution in [0.4, 0.5) is 0 Å². The Morgan fingerprint density at radius 3 is 2.61 bits per heavy atom. The Morgan fingerprint density at radius 1 is 1.50 bits per heavy atom. The summed E-state index contributed by atoms with van der Waals surface area (Å²) in [5.41, 5.74) is 7.50. The molecule has 0 atom stereocenters. The summed E-state index contributed by atoms with van der Waals surface area (Å²) in [6, 6.07) is 0. The normalized spacial score (nSPS) is 18.2. The van der Waals surface area contributed by atoms with Gasteiger partial charge in [-0.2, -0.15) is 5.10 Å². The van der Waals surface area contributed by atoms with Crippen LogP contribution in [-0.2, 0) is 18.3 Å². The number of aromatic nitrogens is 2. The van der Waals surface area contributed by atoms with Crippen molar-refractivity contribution >= 4 is 17.4 Å². The summed E-state index contributed by atoms with van der Waals surface area (Å²) in [6.07, 6.45) is 4.96. The molecule has 18 heavy (non-hydrogen) atoms. The number of carbonyl (C=O) groups excluding carboxylic acids is 1. The molecule has 1 aliphatic rings. The van der Waals surface area contributed by atoms with Gasteiger partial charge in [-0.25, -0.2) is 0 Å². The predicted octanol–water partition coefficient (Wildman–Crippen LogP) is 2.16. The van der Waals surface area contributed by atoms with E-state index < -0.39 is 0 Å². The van der Waals surface area contributed by atoms with Crippen molar-refractivity contribution in [1.29, 1.82) is 0 Å². The summed E-state index contributed by atoms with van der Waals surface area (Å²) in [5, 5.41) is 4.81. The van der Waals surface area contributed by atoms with Gasteiger partial charge in [0.15, 0.2) is 0 Å². The summed E-state index contributed by atoms with van der Waals surface area (Å²) in [7, 11) is 1.81. The number of Topliss-reactive ketones (excluding diaryl/α,β-unsaturated/α-hetero) is 1. The molecule has 0 amide bonds. The van der Waals surface area contributed by atoms with Gasteiger partial charge in [0.1, 0.15) is 5.78 Å². The predicted molar refractivity (Wildman–Crippen MR) is 71.7 cm³/mol. The van der Waals surface area contributed by atoms with Crippen molar-refractivity contribution in [2.24, 2.45) is 12.8 Å². The van der Waals surface area contributed by atoms with E-state index in [0.717, 1.165) is 37.1 Å². The maximum atomic E-state index is 12.1. The Morgan fingerprint density at radius 2 is 2.11 bits per heavy atom. The van der Waals surface area contributed by atoms with Gasteiger partial charge in [-0.05, 0) is 19.8 Å². The van der Waals surface area contributed by atoms with Gasteiger partial charge < -0.3 is 5.73 Å². The molecular weight excluding hydrogens is 250 g/mol. The molecule has 0 aliphatic heterocycles. The van der Waals surface area contributed by atoms with Gasteiger partial charge in [0.25, 0.3) is 0 Å². The SMILES string of the molecule is Cc1nn(C)c(CC(=O)CC2(N)CCCC2)c1Cl. The summed E-state index contributed by atoms with van der Waals surface area (Å²) < 4.78 is 1.69. The number of carbonyl (C=O) groups is 1. The Labute approximate surface area is 112 Å². The minimum absolute atomic E-state index is 0.157. The van der Waals surface area contributed by atoms with Crippen molar-refractivity contribution in [3.63, 3.8) is 0 Å². The molecule has 1 fully saturated rings. The van der Waals surface area contributed by atoms with Crippen LogP contribution >= 0.6 is 11.6 Å². The van der Waals surface area contributed by atoms with Crippen molar-refractivity contribution < 1.29 is 4.79 Å². The Kier molecular flexibility index (Phi) is 3.78. The summed E-state index contributed by atoms with van der Waals surface area (Å²) in [4.78, 5) is 12.1. The highest BCUT2D eigenvalue weighted by Gasteiger charge is 2.32. The van der Waals surface area contributed by atoms with Gasteiger partial charge in [0, 0.05) is 25.4 Å². The zero-order chi connectivity index (χ0) is 13.3. The number of nitrogens with zero attached hydrogens (tertiary/aromatic N) is 2. The van der Waals surface area contributed by atoms with Crippen molar-refractivity contribution in [2.45, 2.75) is 51.0 Å². The van der Waals surface area contributed by atoms with Crippen LogP contribution in [-0.4, -0.2) is 21.1 Å². The van der Waals surface area contributed by atoms with Crippen LogP contribution in [0.5, 0.6) is 0 Å². The first kappa shape index (κ1) is 13.6. The average Bonchev–Trinajstić information content (AvgIpc) is 2.79. The van der Waals surface area contributed by atoms with Crippen molar-refractivity contribution in [1.82, 2.24) is 9.78 Å². The maximum absolute atomic E-state index is 12.1. The van der Waals surface area contributed by atoms with E-state index in [4.69, 9.17) is 17.3 Å². The molecule has 0 unspecified atom stereocenters. The van der Waals surface area contributed by atoms with Crippen LogP contribution in [0.2, 0.25) is 5.02 Å². The van der Waals surface area contributed by atoms with Crippen LogP contribution in [0, 0.1) is 6.92 Å². The molecule has 1 aromatic heterocycles. The molecule has 0 spiro atoms. The number of aryl methyl sites for hydroxylation is 2. The van der Waals surface area contributed by atoms with Gasteiger partial charge >= 0.3 is 0 Å². The molecule has 2 rings (SSSR count). The topological polar surface area (TPSA) is 60.9 Å². The van der Waals surface area contributed by atoms with Gasteiger partial charge in [0.2, 0.25) is 0 Å². The highest BCUT2D eigenvalue weighted by molar-refractivity contribution is 6.32. The van der Waals surface area contributed by atoms with E-state index >= 15 is 0 Å². The quantitative estimate of drug-likeness (QED) is 0.911. The zero-order valence-corrected chi connectivity index (χ0v) is 11.8. The first-order valence-electron chi connectivity index (χ1n) is 6.40. The fourth-order valence-electron chi connectivity index (χ4n) is 2.77. The number of hydrogen-bond donors (Lipinski definition) is 1. The number of hydrogen-bond acceptors (Lipinski definition) is 3. The van der Waals surface area contributed by atoms with Crippen molar-refractivity contribution in [3.05, 3.63) is 16.4 Å². The molecule has 1 aromatic rings. The van der Waals surface area contributed by atoms with Crippen molar-refractivity contribution in [3.8, 4) is 0 Å². The fraction of sp³-hybridized carbons (Fsp3) is 0.692. The first-order chi connectivity index (χ1) is 8.41. The van der Waals surface area contributed by atoms with Gasteiger partial charge in [-0.1, -0.05) is 24.4 Å². The smallest absolute Gasteiger partial charge is 0.140 e. The Hall–Kier alpha value is -0.870. The lowest BCUT2D eigenvalue weighted by atomic mass is 9.91. The fourth-order valence-corrected chi connectivity index (χ4v) is 3.00. The highest BCUT2D eigenvalue weighted by Crippen LogP contribution is 2.31. The maximum Gasteiger partial charge on any atom is 0.140 e. The Balaban J connectivity index is 2.03. The molecule has 2 N–H and O–H groups in total. The first-order valence-corrected chi connectivity index (χ1v) is 6.78. The van der Waals surface area contributed by atoms with Crippen molar-refractivity contribution in [2.75, 3.05) is 0 Å². The molecule has 0 saturated heterocycles. The lowest BCUT2D eigenvalue weighted by Gasteiger charge is -2.22. The van der Waals surface area contributed by atoms with E-state index in [0.29, 0.717) is 17.9 Å². The second kappa shape index (κ2) is 5.02. The largest absolute Gasteiger partial charge is 0.325 e. The number of nitrogens with two attached hydrogens (primary N) is 1. The summed E-state index contributed by atoms with van der Waals surface area (Å²) >= 11 is 6.14. The number of ketones is 1. The van der Waals surface area contributed by atoms with E-state index in [2.05, 4.69) is 5.10 Å². The third kappa shape index (κ3) is 2.75. The third-order valence-corrected chi connectivity index (χ3v) is 4.27. The second-order valence-electron chi connectivity index (χ2n) is 5.43. The highest BCUT2D eigenvalue weighted by atomic mass is 35.5. The average molecular weight is 270 g/mol. The number of rotatable bonds is 4. The molecule has 0 radical (unpaired) electrons. The molecule has 1 aliphatic carbocycles. The Bertz CT molecular complexity index is 461. The third-order valence-electron chi connectivity index (χ3n) is 3.77. The molecule has 4 nitrogen and oxygen atoms in total. The van der Waals surface area contributed by atoms with Crippen LogP contribution in [0.25, 0.3) is 0 Å². The molecule has 0 bridgehead atoms. The van der Waals surface area contributed by atoms with E-state index in [1.54, 1.807) is 4.68 Å². The molecule has 100 valence electrons. The zero-order valence-electron chi connectivity index (χ0n) is 11.0. The summed E-state index contributed by atoms with van der Waals surface area (Å²) in [5.74, 6) is 0.157. The molecular formula is C13H20ClN3O. The molecule has 5 heteroatoms. The number of halogens is 1. The van der Waals surface area contributed by atoms with E-state index in [9.17, 15) is 4.79 Å². The minimum atomic E-state index is -0.281. The minimum Gasteiger partial charge on any atom is -0.325 e. The lowest BCUT2D eigenvalue weighted by molar-refractivity contribution is -0.119. The van der Waals surface area contributed by atoms with Gasteiger partial charge in [-0.3, -0.25) is 9.48 Å². The van der Waals surface area contributed by atoms with E-state index in [1.807, 2.05) is 14.0 Å². The van der Waals surface area contributed by atoms with Crippen LogP contribution < -0.4 is 5.73 Å². The van der Waals surface area contributed by atoms with E-state index in [-0.39, 0.29) is 11.3 Å². The summed E-state index contributed by atoms with van der Waals surface area (Å²) in [6.45, 7) is 1.84. The van der Waals surface area contributed by atoms with Crippen LogP contribution in [0.3, 0.4) is 0 Å². The second-order valence-corrected chi connectivity index (χ2v) is 5.81. The van der Waals surface area contributed by atoms with Gasteiger partial charge in [0.05, 0.1) is 16.4 Å². The lowest BCUT2D eigenvalue weighted by Crippen LogP contribution is -2.39.